The highest BCUT2D eigenvalue weighted by molar-refractivity contribution is 5.74. The number of urea groups is 1. The molecule has 0 spiro atoms. The van der Waals surface area contributed by atoms with Gasteiger partial charge in [-0.05, 0) is 12.8 Å². The molecule has 1 unspecified atom stereocenters. The van der Waals surface area contributed by atoms with Crippen LogP contribution in [0.2, 0.25) is 0 Å². The van der Waals surface area contributed by atoms with E-state index in [1.807, 2.05) is 6.07 Å². The van der Waals surface area contributed by atoms with Gasteiger partial charge in [-0.2, -0.15) is 5.26 Å². The summed E-state index contributed by atoms with van der Waals surface area (Å²) in [6.45, 7) is 5.25. The van der Waals surface area contributed by atoms with Gasteiger partial charge in [-0.1, -0.05) is 13.8 Å². The number of likely N-dealkylation sites (tertiary alicyclic amines) is 1. The minimum absolute atomic E-state index is 0.0561. The van der Waals surface area contributed by atoms with E-state index in [0.29, 0.717) is 13.1 Å². The molecule has 1 saturated heterocycles. The number of aromatic nitrogens is 2. The van der Waals surface area contributed by atoms with Crippen LogP contribution in [0.15, 0.2) is 12.4 Å². The van der Waals surface area contributed by atoms with E-state index in [1.165, 1.54) is 12.4 Å². The zero-order valence-corrected chi connectivity index (χ0v) is 13.0. The third-order valence-corrected chi connectivity index (χ3v) is 3.79. The van der Waals surface area contributed by atoms with E-state index in [1.54, 1.807) is 4.90 Å². The smallest absolute Gasteiger partial charge is 0.317 e. The highest BCUT2D eigenvalue weighted by atomic mass is 16.5. The van der Waals surface area contributed by atoms with E-state index in [4.69, 9.17) is 10.00 Å². The molecule has 1 fully saturated rings. The molecule has 118 valence electrons. The fourth-order valence-corrected chi connectivity index (χ4v) is 2.41. The Labute approximate surface area is 130 Å². The summed E-state index contributed by atoms with van der Waals surface area (Å²) in [5.74, 6) is 0.234. The normalized spacial score (nSPS) is 17.4. The van der Waals surface area contributed by atoms with Crippen molar-refractivity contribution in [1.29, 1.82) is 5.26 Å². The highest BCUT2D eigenvalue weighted by Crippen LogP contribution is 2.18. The fraction of sp³-hybridized carbons (Fsp3) is 0.600. The first-order valence-corrected chi connectivity index (χ1v) is 7.61. The first kappa shape index (κ1) is 16.0. The number of ether oxygens (including phenoxy) is 1. The van der Waals surface area contributed by atoms with Crippen molar-refractivity contribution in [1.82, 2.24) is 20.2 Å². The van der Waals surface area contributed by atoms with Gasteiger partial charge in [0.05, 0.1) is 6.54 Å². The maximum atomic E-state index is 12.2. The maximum absolute atomic E-state index is 12.2. The molecule has 7 heteroatoms. The zero-order chi connectivity index (χ0) is 15.9. The second-order valence-electron chi connectivity index (χ2n) is 5.26. The molecule has 1 aliphatic heterocycles. The monoisotopic (exact) mass is 303 g/mol. The van der Waals surface area contributed by atoms with Crippen LogP contribution < -0.4 is 10.1 Å². The standard InChI is InChI=1S/C15H21N5O2/c1-3-11(4-2)19-15(21)20-8-5-12(10-20)22-14-13(9-16)17-6-7-18-14/h6-7,11-12H,3-5,8,10H2,1-2H3,(H,19,21). The fourth-order valence-electron chi connectivity index (χ4n) is 2.41. The van der Waals surface area contributed by atoms with Gasteiger partial charge in [-0.15, -0.1) is 0 Å². The van der Waals surface area contributed by atoms with Crippen LogP contribution in [0.1, 0.15) is 38.8 Å². The predicted octanol–water partition coefficient (Wildman–Crippen LogP) is 1.70. The van der Waals surface area contributed by atoms with E-state index in [-0.39, 0.29) is 29.8 Å². The summed E-state index contributed by atoms with van der Waals surface area (Å²) in [6.07, 6.45) is 5.34. The Morgan fingerprint density at radius 2 is 2.23 bits per heavy atom. The van der Waals surface area contributed by atoms with Gasteiger partial charge in [-0.3, -0.25) is 0 Å². The summed E-state index contributed by atoms with van der Waals surface area (Å²) in [5, 5.41) is 12.0. The van der Waals surface area contributed by atoms with Gasteiger partial charge in [0.25, 0.3) is 5.88 Å². The summed E-state index contributed by atoms with van der Waals surface area (Å²) in [5.41, 5.74) is 0.169. The number of carbonyl (C=O) groups is 1. The van der Waals surface area contributed by atoms with Crippen LogP contribution in [0.4, 0.5) is 4.79 Å². The van der Waals surface area contributed by atoms with Crippen LogP contribution in [0, 0.1) is 11.3 Å². The van der Waals surface area contributed by atoms with Gasteiger partial charge >= 0.3 is 6.03 Å². The molecule has 1 aliphatic rings. The van der Waals surface area contributed by atoms with Gasteiger partial charge in [0.2, 0.25) is 5.69 Å². The van der Waals surface area contributed by atoms with Crippen molar-refractivity contribution in [2.24, 2.45) is 0 Å². The van der Waals surface area contributed by atoms with E-state index in [0.717, 1.165) is 19.3 Å². The van der Waals surface area contributed by atoms with Crippen molar-refractivity contribution in [2.45, 2.75) is 45.3 Å². The van der Waals surface area contributed by atoms with E-state index in [9.17, 15) is 4.79 Å². The molecule has 0 aromatic carbocycles. The van der Waals surface area contributed by atoms with Crippen molar-refractivity contribution in [3.05, 3.63) is 18.1 Å². The number of hydrogen-bond acceptors (Lipinski definition) is 5. The van der Waals surface area contributed by atoms with Crippen LogP contribution in [-0.4, -0.2) is 46.1 Å². The summed E-state index contributed by atoms with van der Waals surface area (Å²) < 4.78 is 5.72. The van der Waals surface area contributed by atoms with Gasteiger partial charge < -0.3 is 15.0 Å². The number of nitrogens with zero attached hydrogens (tertiary/aromatic N) is 4. The second kappa shape index (κ2) is 7.59. The number of nitrogens with one attached hydrogen (secondary N) is 1. The summed E-state index contributed by atoms with van der Waals surface area (Å²) in [6, 6.07) is 2.10. The lowest BCUT2D eigenvalue weighted by Crippen LogP contribution is -2.44. The van der Waals surface area contributed by atoms with E-state index < -0.39 is 0 Å². The lowest BCUT2D eigenvalue weighted by atomic mass is 10.2. The van der Waals surface area contributed by atoms with Crippen molar-refractivity contribution in [2.75, 3.05) is 13.1 Å². The Morgan fingerprint density at radius 3 is 2.91 bits per heavy atom. The van der Waals surface area contributed by atoms with Crippen molar-refractivity contribution >= 4 is 6.03 Å². The molecule has 1 atom stereocenters. The van der Waals surface area contributed by atoms with Gasteiger partial charge in [0, 0.05) is 31.4 Å². The Morgan fingerprint density at radius 1 is 1.50 bits per heavy atom. The highest BCUT2D eigenvalue weighted by Gasteiger charge is 2.29. The molecule has 0 saturated carbocycles. The molecular formula is C15H21N5O2. The van der Waals surface area contributed by atoms with Gasteiger partial charge in [-0.25, -0.2) is 14.8 Å². The average Bonchev–Trinajstić information content (AvgIpc) is 3.01. The second-order valence-corrected chi connectivity index (χ2v) is 5.26. The van der Waals surface area contributed by atoms with Crippen LogP contribution in [0.3, 0.4) is 0 Å². The zero-order valence-electron chi connectivity index (χ0n) is 13.0. The predicted molar refractivity (Wildman–Crippen MR) is 80.3 cm³/mol. The first-order chi connectivity index (χ1) is 10.7. The molecular weight excluding hydrogens is 282 g/mol. The number of rotatable bonds is 5. The van der Waals surface area contributed by atoms with E-state index in [2.05, 4.69) is 29.1 Å². The largest absolute Gasteiger partial charge is 0.470 e. The minimum atomic E-state index is -0.156. The lowest BCUT2D eigenvalue weighted by molar-refractivity contribution is 0.179. The molecule has 0 aliphatic carbocycles. The third kappa shape index (κ3) is 3.85. The van der Waals surface area contributed by atoms with Crippen molar-refractivity contribution in [3.63, 3.8) is 0 Å². The molecule has 1 aromatic rings. The maximum Gasteiger partial charge on any atom is 0.317 e. The summed E-state index contributed by atoms with van der Waals surface area (Å²) >= 11 is 0. The Balaban J connectivity index is 1.90. The lowest BCUT2D eigenvalue weighted by Gasteiger charge is -2.21. The Kier molecular flexibility index (Phi) is 5.53. The Bertz CT molecular complexity index is 553. The average molecular weight is 303 g/mol. The molecule has 2 amide bonds. The van der Waals surface area contributed by atoms with Crippen LogP contribution in [0.25, 0.3) is 0 Å². The molecule has 0 bridgehead atoms. The molecule has 0 radical (unpaired) electrons. The number of nitriles is 1. The molecule has 22 heavy (non-hydrogen) atoms. The number of amides is 2. The summed E-state index contributed by atoms with van der Waals surface area (Å²) in [4.78, 5) is 21.9. The van der Waals surface area contributed by atoms with Crippen LogP contribution in [-0.2, 0) is 0 Å². The van der Waals surface area contributed by atoms with Gasteiger partial charge in [0.1, 0.15) is 12.2 Å². The van der Waals surface area contributed by atoms with Crippen molar-refractivity contribution < 1.29 is 9.53 Å². The first-order valence-electron chi connectivity index (χ1n) is 7.61. The minimum Gasteiger partial charge on any atom is -0.470 e. The molecule has 2 heterocycles. The summed E-state index contributed by atoms with van der Waals surface area (Å²) in [7, 11) is 0. The SMILES string of the molecule is CCC(CC)NC(=O)N1CCC(Oc2nccnc2C#N)C1. The molecule has 1 aromatic heterocycles. The topological polar surface area (TPSA) is 91.1 Å². The molecule has 1 N–H and O–H groups in total. The third-order valence-electron chi connectivity index (χ3n) is 3.79. The molecule has 7 nitrogen and oxygen atoms in total. The van der Waals surface area contributed by atoms with Crippen molar-refractivity contribution in [3.8, 4) is 11.9 Å². The molecule has 2 rings (SSSR count). The van der Waals surface area contributed by atoms with Gasteiger partial charge in [0.15, 0.2) is 0 Å². The Hall–Kier alpha value is -2.36. The number of carbonyl (C=O) groups excluding carboxylic acids is 1. The van der Waals surface area contributed by atoms with E-state index >= 15 is 0 Å². The van der Waals surface area contributed by atoms with Crippen LogP contribution in [0.5, 0.6) is 5.88 Å². The number of hydrogen-bond donors (Lipinski definition) is 1. The quantitative estimate of drug-likeness (QED) is 0.894. The van der Waals surface area contributed by atoms with Crippen LogP contribution >= 0.6 is 0 Å².